The van der Waals surface area contributed by atoms with E-state index in [1.807, 2.05) is 18.2 Å². The number of carbonyl (C=O) groups excluding carboxylic acids is 2. The van der Waals surface area contributed by atoms with Gasteiger partial charge >= 0.3 is 0 Å². The molecule has 1 aliphatic carbocycles. The van der Waals surface area contributed by atoms with Crippen LogP contribution in [0.2, 0.25) is 0 Å². The fraction of sp³-hybridized carbons (Fsp3) is 0.263. The number of nitrogens with two attached hydrogens (primary N) is 1. The molecule has 6 N–H and O–H groups in total. The molecule has 0 heterocycles. The molecule has 1 aliphatic rings. The van der Waals surface area contributed by atoms with E-state index in [2.05, 4.69) is 17.2 Å². The number of hydrogen-bond acceptors (Lipinski definition) is 5. The van der Waals surface area contributed by atoms with Crippen LogP contribution in [0.1, 0.15) is 18.9 Å². The Balaban J connectivity index is 1.97. The largest absolute Gasteiger partial charge is 0.399 e. The molecule has 3 atom stereocenters. The van der Waals surface area contributed by atoms with Gasteiger partial charge in [0, 0.05) is 22.7 Å². The molecule has 0 fully saturated rings. The first-order valence-electron chi connectivity index (χ1n) is 8.09. The summed E-state index contributed by atoms with van der Waals surface area (Å²) < 4.78 is 0. The molecule has 136 valence electrons. The molecule has 26 heavy (non-hydrogen) atoms. The highest BCUT2D eigenvalue weighted by atomic mass is 16.5. The SMILES string of the molecule is CC(O)C(NC(=O)C1=CCC(C#Cc2ccc(N)cc2)C=C1)C(=O)NO. The van der Waals surface area contributed by atoms with Crippen LogP contribution in [0.3, 0.4) is 0 Å². The third-order valence-corrected chi connectivity index (χ3v) is 3.84. The average Bonchev–Trinajstić information content (AvgIpc) is 2.65. The van der Waals surface area contributed by atoms with E-state index in [9.17, 15) is 14.7 Å². The molecule has 2 rings (SSSR count). The third-order valence-electron chi connectivity index (χ3n) is 3.84. The van der Waals surface area contributed by atoms with Gasteiger partial charge in [0.05, 0.1) is 6.10 Å². The number of aliphatic hydroxyl groups is 1. The maximum Gasteiger partial charge on any atom is 0.268 e. The van der Waals surface area contributed by atoms with Crippen LogP contribution in [-0.4, -0.2) is 34.3 Å². The fourth-order valence-corrected chi connectivity index (χ4v) is 2.34. The molecule has 0 aliphatic heterocycles. The molecule has 0 bridgehead atoms. The summed E-state index contributed by atoms with van der Waals surface area (Å²) in [4.78, 5) is 23.7. The molecule has 0 aromatic heterocycles. The molecule has 0 saturated heterocycles. The number of anilines is 1. The van der Waals surface area contributed by atoms with E-state index >= 15 is 0 Å². The van der Waals surface area contributed by atoms with Crippen LogP contribution >= 0.6 is 0 Å². The second-order valence-electron chi connectivity index (χ2n) is 5.92. The van der Waals surface area contributed by atoms with Crippen molar-refractivity contribution in [2.75, 3.05) is 5.73 Å². The Kier molecular flexibility index (Phi) is 6.55. The summed E-state index contributed by atoms with van der Waals surface area (Å²) in [5.41, 5.74) is 8.95. The van der Waals surface area contributed by atoms with Crippen molar-refractivity contribution in [3.63, 3.8) is 0 Å². The van der Waals surface area contributed by atoms with E-state index in [0.29, 0.717) is 17.7 Å². The van der Waals surface area contributed by atoms with Gasteiger partial charge in [0.2, 0.25) is 0 Å². The van der Waals surface area contributed by atoms with Gasteiger partial charge in [0.15, 0.2) is 0 Å². The number of hydroxylamine groups is 1. The van der Waals surface area contributed by atoms with Crippen LogP contribution in [0, 0.1) is 17.8 Å². The van der Waals surface area contributed by atoms with Crippen LogP contribution in [0.4, 0.5) is 5.69 Å². The van der Waals surface area contributed by atoms with Crippen molar-refractivity contribution in [2.24, 2.45) is 5.92 Å². The minimum atomic E-state index is -1.25. The summed E-state index contributed by atoms with van der Waals surface area (Å²) in [6.07, 6.45) is 4.54. The average molecular weight is 355 g/mol. The summed E-state index contributed by atoms with van der Waals surface area (Å²) in [5, 5.41) is 20.6. The zero-order valence-corrected chi connectivity index (χ0v) is 14.3. The highest BCUT2D eigenvalue weighted by molar-refractivity contribution is 5.99. The predicted octanol–water partition coefficient (Wildman–Crippen LogP) is 0.494. The number of hydrogen-bond donors (Lipinski definition) is 5. The summed E-state index contributed by atoms with van der Waals surface area (Å²) in [6.45, 7) is 1.34. The predicted molar refractivity (Wildman–Crippen MR) is 96.6 cm³/mol. The lowest BCUT2D eigenvalue weighted by Crippen LogP contribution is -2.52. The van der Waals surface area contributed by atoms with Crippen molar-refractivity contribution in [1.82, 2.24) is 10.8 Å². The quantitative estimate of drug-likeness (QED) is 0.233. The van der Waals surface area contributed by atoms with Gasteiger partial charge in [-0.3, -0.25) is 14.8 Å². The Labute approximate surface area is 151 Å². The summed E-state index contributed by atoms with van der Waals surface area (Å²) in [5.74, 6) is 4.74. The normalized spacial score (nSPS) is 18.0. The minimum absolute atomic E-state index is 0.0302. The van der Waals surface area contributed by atoms with E-state index in [0.717, 1.165) is 5.56 Å². The van der Waals surface area contributed by atoms with Crippen molar-refractivity contribution in [1.29, 1.82) is 0 Å². The molecule has 0 saturated carbocycles. The Hall–Kier alpha value is -3.08. The summed E-state index contributed by atoms with van der Waals surface area (Å²) in [6, 6.07) is 6.00. The lowest BCUT2D eigenvalue weighted by atomic mass is 9.96. The third kappa shape index (κ3) is 5.21. The number of aliphatic hydroxyl groups excluding tert-OH is 1. The smallest absolute Gasteiger partial charge is 0.268 e. The number of benzene rings is 1. The topological polar surface area (TPSA) is 125 Å². The first-order chi connectivity index (χ1) is 12.4. The lowest BCUT2D eigenvalue weighted by molar-refractivity contribution is -0.136. The molecule has 7 heteroatoms. The number of nitrogens with one attached hydrogen (secondary N) is 2. The van der Waals surface area contributed by atoms with Crippen LogP contribution < -0.4 is 16.5 Å². The highest BCUT2D eigenvalue weighted by Crippen LogP contribution is 2.16. The van der Waals surface area contributed by atoms with E-state index in [-0.39, 0.29) is 5.92 Å². The molecule has 0 spiro atoms. The molecule has 1 aromatic carbocycles. The molecule has 1 aromatic rings. The standard InChI is InChI=1S/C19H21N3O4/c1-12(23)17(19(25)22-26)21-18(24)15-8-4-13(5-9-15)2-3-14-6-10-16(20)11-7-14/h4,6-13,17,23,26H,5,20H2,1H3,(H,21,24)(H,22,25). The first kappa shape index (κ1) is 19.2. The second-order valence-corrected chi connectivity index (χ2v) is 5.92. The number of allylic oxidation sites excluding steroid dienone is 2. The Morgan fingerprint density at radius 2 is 2.00 bits per heavy atom. The highest BCUT2D eigenvalue weighted by Gasteiger charge is 2.26. The Bertz CT molecular complexity index is 785. The fourth-order valence-electron chi connectivity index (χ4n) is 2.34. The van der Waals surface area contributed by atoms with Gasteiger partial charge in [-0.2, -0.15) is 0 Å². The van der Waals surface area contributed by atoms with Crippen LogP contribution in [-0.2, 0) is 9.59 Å². The maximum absolute atomic E-state index is 12.2. The summed E-state index contributed by atoms with van der Waals surface area (Å²) in [7, 11) is 0. The number of carbonyl (C=O) groups is 2. The zero-order chi connectivity index (χ0) is 19.1. The van der Waals surface area contributed by atoms with Crippen molar-refractivity contribution < 1.29 is 19.9 Å². The molecule has 0 radical (unpaired) electrons. The van der Waals surface area contributed by atoms with Crippen molar-refractivity contribution >= 4 is 17.5 Å². The first-order valence-corrected chi connectivity index (χ1v) is 8.09. The van der Waals surface area contributed by atoms with Gasteiger partial charge in [0.1, 0.15) is 6.04 Å². The maximum atomic E-state index is 12.2. The lowest BCUT2D eigenvalue weighted by Gasteiger charge is -2.20. The number of amides is 2. The van der Waals surface area contributed by atoms with Gasteiger partial charge in [-0.05, 0) is 37.6 Å². The van der Waals surface area contributed by atoms with Gasteiger partial charge in [0.25, 0.3) is 11.8 Å². The van der Waals surface area contributed by atoms with Gasteiger partial charge in [-0.25, -0.2) is 5.48 Å². The van der Waals surface area contributed by atoms with Crippen molar-refractivity contribution in [2.45, 2.75) is 25.5 Å². The molecule has 3 unspecified atom stereocenters. The number of rotatable bonds is 4. The van der Waals surface area contributed by atoms with Crippen LogP contribution in [0.15, 0.2) is 48.1 Å². The molecular weight excluding hydrogens is 334 g/mol. The van der Waals surface area contributed by atoms with Gasteiger partial charge in [-0.15, -0.1) is 0 Å². The van der Waals surface area contributed by atoms with Gasteiger partial charge < -0.3 is 16.2 Å². The Morgan fingerprint density at radius 3 is 2.54 bits per heavy atom. The van der Waals surface area contributed by atoms with Crippen LogP contribution in [0.25, 0.3) is 0 Å². The zero-order valence-electron chi connectivity index (χ0n) is 14.3. The summed E-state index contributed by atoms with van der Waals surface area (Å²) >= 11 is 0. The Morgan fingerprint density at radius 1 is 1.31 bits per heavy atom. The van der Waals surface area contributed by atoms with Crippen molar-refractivity contribution in [3.8, 4) is 11.8 Å². The molecule has 2 amide bonds. The molecule has 7 nitrogen and oxygen atoms in total. The van der Waals surface area contributed by atoms with Crippen LogP contribution in [0.5, 0.6) is 0 Å². The van der Waals surface area contributed by atoms with E-state index < -0.39 is 24.0 Å². The van der Waals surface area contributed by atoms with E-state index in [1.165, 1.54) is 12.4 Å². The second kappa shape index (κ2) is 8.85. The minimum Gasteiger partial charge on any atom is -0.399 e. The molecular formula is C19H21N3O4. The van der Waals surface area contributed by atoms with Gasteiger partial charge in [-0.1, -0.05) is 30.1 Å². The van der Waals surface area contributed by atoms with Crippen molar-refractivity contribution in [3.05, 3.63) is 53.6 Å². The van der Waals surface area contributed by atoms with E-state index in [1.54, 1.807) is 24.3 Å². The number of nitrogen functional groups attached to an aromatic ring is 1. The monoisotopic (exact) mass is 355 g/mol. The van der Waals surface area contributed by atoms with E-state index in [4.69, 9.17) is 10.9 Å².